The number of hydroxylamine groups is 2. The van der Waals surface area contributed by atoms with Crippen molar-refractivity contribution in [3.63, 3.8) is 0 Å². The Morgan fingerprint density at radius 1 is 0.833 bits per heavy atom. The maximum atomic E-state index is 12.4. The van der Waals surface area contributed by atoms with E-state index in [2.05, 4.69) is 20.4 Å². The highest BCUT2D eigenvalue weighted by Crippen LogP contribution is 2.34. The lowest BCUT2D eigenvalue weighted by Gasteiger charge is -2.32. The molecular formula is C33H37N5O4. The van der Waals surface area contributed by atoms with Crippen molar-refractivity contribution < 1.29 is 19.1 Å². The highest BCUT2D eigenvalue weighted by atomic mass is 16.7. The molecule has 0 radical (unpaired) electrons. The van der Waals surface area contributed by atoms with Crippen LogP contribution >= 0.6 is 0 Å². The fourth-order valence-corrected chi connectivity index (χ4v) is 5.71. The number of aromatic nitrogens is 2. The molecular weight excluding hydrogens is 530 g/mol. The number of benzene rings is 3. The van der Waals surface area contributed by atoms with Gasteiger partial charge in [-0.2, -0.15) is 0 Å². The van der Waals surface area contributed by atoms with Crippen molar-refractivity contribution in [2.24, 2.45) is 0 Å². The third-order valence-corrected chi connectivity index (χ3v) is 8.15. The van der Waals surface area contributed by atoms with Gasteiger partial charge in [-0.05, 0) is 85.8 Å². The second-order valence-corrected chi connectivity index (χ2v) is 10.9. The lowest BCUT2D eigenvalue weighted by atomic mass is 10.0. The summed E-state index contributed by atoms with van der Waals surface area (Å²) in [5.74, 6) is 2.08. The zero-order valence-corrected chi connectivity index (χ0v) is 24.2. The molecule has 1 N–H and O–H groups in total. The monoisotopic (exact) mass is 567 g/mol. The first kappa shape index (κ1) is 27.9. The van der Waals surface area contributed by atoms with Crippen LogP contribution in [0.1, 0.15) is 41.6 Å². The Balaban J connectivity index is 1.09. The van der Waals surface area contributed by atoms with Crippen LogP contribution in [0, 0.1) is 0 Å². The van der Waals surface area contributed by atoms with Crippen LogP contribution in [-0.2, 0) is 11.4 Å². The number of fused-ring (bicyclic) bond motifs is 1. The molecule has 6 rings (SSSR count). The molecule has 2 saturated heterocycles. The van der Waals surface area contributed by atoms with Gasteiger partial charge in [-0.3, -0.25) is 4.90 Å². The maximum Gasteiger partial charge on any atom is 0.357 e. The van der Waals surface area contributed by atoms with Crippen LogP contribution in [0.2, 0.25) is 0 Å². The maximum absolute atomic E-state index is 12.4. The lowest BCUT2D eigenvalue weighted by Crippen LogP contribution is -2.38. The van der Waals surface area contributed by atoms with Crippen molar-refractivity contribution in [2.45, 2.75) is 38.3 Å². The molecule has 0 spiro atoms. The van der Waals surface area contributed by atoms with Crippen molar-refractivity contribution in [3.8, 4) is 22.8 Å². The van der Waals surface area contributed by atoms with E-state index in [-0.39, 0.29) is 5.97 Å². The van der Waals surface area contributed by atoms with E-state index in [1.54, 1.807) is 19.3 Å². The van der Waals surface area contributed by atoms with Crippen LogP contribution < -0.4 is 14.8 Å². The van der Waals surface area contributed by atoms with Gasteiger partial charge in [0.2, 0.25) is 0 Å². The highest BCUT2D eigenvalue weighted by Gasteiger charge is 2.22. The molecule has 42 heavy (non-hydrogen) atoms. The van der Waals surface area contributed by atoms with Gasteiger partial charge in [-0.25, -0.2) is 4.79 Å². The van der Waals surface area contributed by atoms with E-state index in [9.17, 15) is 4.79 Å². The first-order valence-corrected chi connectivity index (χ1v) is 14.6. The average Bonchev–Trinajstić information content (AvgIpc) is 3.55. The number of hydrogen-bond donors (Lipinski definition) is 1. The van der Waals surface area contributed by atoms with Gasteiger partial charge in [0.15, 0.2) is 5.82 Å². The number of ether oxygens (including phenoxy) is 2. The molecule has 0 bridgehead atoms. The number of likely N-dealkylation sites (tertiary alicyclic amines) is 1. The van der Waals surface area contributed by atoms with Gasteiger partial charge in [0.05, 0.1) is 19.8 Å². The molecule has 0 atom stereocenters. The summed E-state index contributed by atoms with van der Waals surface area (Å²) >= 11 is 0. The number of hydrogen-bond acceptors (Lipinski definition) is 9. The number of anilines is 1. The number of methoxy groups -OCH3 is 2. The number of rotatable bonds is 9. The van der Waals surface area contributed by atoms with Gasteiger partial charge in [-0.15, -0.1) is 15.3 Å². The van der Waals surface area contributed by atoms with Gasteiger partial charge >= 0.3 is 5.97 Å². The second kappa shape index (κ2) is 12.8. The van der Waals surface area contributed by atoms with Crippen LogP contribution in [-0.4, -0.2) is 72.6 Å². The molecule has 1 aromatic heterocycles. The van der Waals surface area contributed by atoms with Crippen LogP contribution in [0.3, 0.4) is 0 Å². The molecule has 4 aromatic rings. The molecule has 9 nitrogen and oxygen atoms in total. The Morgan fingerprint density at radius 2 is 1.52 bits per heavy atom. The van der Waals surface area contributed by atoms with E-state index in [1.807, 2.05) is 66.7 Å². The van der Waals surface area contributed by atoms with Crippen LogP contribution in [0.15, 0.2) is 66.7 Å². The Bertz CT molecular complexity index is 1510. The highest BCUT2D eigenvalue weighted by molar-refractivity contribution is 6.00. The largest absolute Gasteiger partial charge is 0.497 e. The fourth-order valence-electron chi connectivity index (χ4n) is 5.71. The second-order valence-electron chi connectivity index (χ2n) is 10.9. The molecule has 9 heteroatoms. The third kappa shape index (κ3) is 6.32. The van der Waals surface area contributed by atoms with E-state index >= 15 is 0 Å². The summed E-state index contributed by atoms with van der Waals surface area (Å²) in [6.07, 6.45) is 4.14. The molecule has 3 aromatic carbocycles. The van der Waals surface area contributed by atoms with Gasteiger partial charge in [0.25, 0.3) is 0 Å². The molecule has 2 aliphatic heterocycles. The summed E-state index contributed by atoms with van der Waals surface area (Å²) in [5.41, 5.74) is 3.59. The summed E-state index contributed by atoms with van der Waals surface area (Å²) in [5, 5.41) is 16.7. The standard InChI is InChI=1S/C33H37N5O4/c1-40-27-11-9-24(10-12-27)31-29-14-13-28(41-2)21-30(29)32(36-35-31)34-26-15-19-37(20-16-26)22-23-5-7-25(8-6-23)33(39)42-38-17-3-4-18-38/h5-14,21,26H,3-4,15-20,22H2,1-2H3,(H,34,36). The number of piperidine rings is 1. The van der Waals surface area contributed by atoms with E-state index in [0.717, 1.165) is 97.8 Å². The Hall–Kier alpha value is -4.21. The summed E-state index contributed by atoms with van der Waals surface area (Å²) < 4.78 is 10.9. The summed E-state index contributed by atoms with van der Waals surface area (Å²) in [6, 6.07) is 22.0. The Kier molecular flexibility index (Phi) is 8.48. The minimum Gasteiger partial charge on any atom is -0.497 e. The first-order chi connectivity index (χ1) is 20.6. The predicted octanol–water partition coefficient (Wildman–Crippen LogP) is 5.56. The molecule has 0 unspecified atom stereocenters. The van der Waals surface area contributed by atoms with Gasteiger partial charge < -0.3 is 19.6 Å². The number of nitrogens with one attached hydrogen (secondary N) is 1. The van der Waals surface area contributed by atoms with Gasteiger partial charge in [-0.1, -0.05) is 12.1 Å². The molecule has 3 heterocycles. The average molecular weight is 568 g/mol. The van der Waals surface area contributed by atoms with Crippen LogP contribution in [0.5, 0.6) is 11.5 Å². The van der Waals surface area contributed by atoms with Crippen LogP contribution in [0.25, 0.3) is 22.0 Å². The minimum absolute atomic E-state index is 0.277. The number of nitrogens with zero attached hydrogens (tertiary/aromatic N) is 4. The summed E-state index contributed by atoms with van der Waals surface area (Å²) in [7, 11) is 3.34. The number of carbonyl (C=O) groups is 1. The predicted molar refractivity (Wildman–Crippen MR) is 163 cm³/mol. The zero-order valence-electron chi connectivity index (χ0n) is 24.2. The van der Waals surface area contributed by atoms with Crippen molar-refractivity contribution in [2.75, 3.05) is 45.7 Å². The molecule has 2 aliphatic rings. The van der Waals surface area contributed by atoms with E-state index < -0.39 is 0 Å². The molecule has 218 valence electrons. The molecule has 0 amide bonds. The lowest BCUT2D eigenvalue weighted by molar-refractivity contribution is -0.0927. The van der Waals surface area contributed by atoms with Crippen LogP contribution in [0.4, 0.5) is 5.82 Å². The molecule has 0 saturated carbocycles. The smallest absolute Gasteiger partial charge is 0.357 e. The van der Waals surface area contributed by atoms with Gasteiger partial charge in [0.1, 0.15) is 17.2 Å². The zero-order chi connectivity index (χ0) is 28.9. The summed E-state index contributed by atoms with van der Waals surface area (Å²) in [4.78, 5) is 20.4. The molecule has 0 aliphatic carbocycles. The summed E-state index contributed by atoms with van der Waals surface area (Å²) in [6.45, 7) is 4.43. The van der Waals surface area contributed by atoms with Gasteiger partial charge in [0, 0.05) is 55.1 Å². The van der Waals surface area contributed by atoms with Crippen molar-refractivity contribution in [3.05, 3.63) is 77.9 Å². The fraction of sp³-hybridized carbons (Fsp3) is 0.364. The topological polar surface area (TPSA) is 89.1 Å². The van der Waals surface area contributed by atoms with Crippen molar-refractivity contribution >= 4 is 22.6 Å². The first-order valence-electron chi connectivity index (χ1n) is 14.6. The SMILES string of the molecule is COc1ccc(-c2nnc(NC3CCN(Cc4ccc(C(=O)ON5CCCC5)cc4)CC3)c3cc(OC)ccc23)cc1. The van der Waals surface area contributed by atoms with E-state index in [1.165, 1.54) is 5.56 Å². The Labute approximate surface area is 246 Å². The third-order valence-electron chi connectivity index (χ3n) is 8.15. The normalized spacial score (nSPS) is 16.4. The number of carbonyl (C=O) groups excluding carboxylic acids is 1. The minimum atomic E-state index is -0.277. The van der Waals surface area contributed by atoms with Crippen molar-refractivity contribution in [1.82, 2.24) is 20.2 Å². The molecule has 2 fully saturated rings. The van der Waals surface area contributed by atoms with E-state index in [0.29, 0.717) is 11.6 Å². The van der Waals surface area contributed by atoms with Crippen molar-refractivity contribution in [1.29, 1.82) is 0 Å². The Morgan fingerprint density at radius 3 is 2.21 bits per heavy atom. The quantitative estimate of drug-likeness (QED) is 0.279. The van der Waals surface area contributed by atoms with E-state index in [4.69, 9.17) is 14.3 Å².